The lowest BCUT2D eigenvalue weighted by Gasteiger charge is -2.00. The van der Waals surface area contributed by atoms with E-state index in [2.05, 4.69) is 0 Å². The number of carboxylic acids is 1. The second kappa shape index (κ2) is 3.46. The maximum atomic E-state index is 10.5. The minimum Gasteiger partial charge on any atom is -0.544 e. The number of carboxylic acid groups (broad SMARTS) is 1. The van der Waals surface area contributed by atoms with Crippen molar-refractivity contribution in [3.63, 3.8) is 0 Å². The summed E-state index contributed by atoms with van der Waals surface area (Å²) >= 11 is 0. The number of fused-ring (bicyclic) bond motifs is 1. The molecule has 1 aromatic heterocycles. The molecule has 2 aromatic rings. The Balaban J connectivity index is 2.59. The highest BCUT2D eigenvalue weighted by Crippen LogP contribution is 2.07. The highest BCUT2D eigenvalue weighted by molar-refractivity contribution is 5.75. The van der Waals surface area contributed by atoms with Crippen LogP contribution in [0, 0.1) is 0 Å². The van der Waals surface area contributed by atoms with Crippen molar-refractivity contribution in [2.45, 2.75) is 6.54 Å². The summed E-state index contributed by atoms with van der Waals surface area (Å²) in [5.74, 6) is -1.08. The first-order valence-electron chi connectivity index (χ1n) is 4.34. The molecule has 0 unspecified atom stereocenters. The molecular weight excluding hydrogens is 178 g/mol. The molecule has 0 saturated heterocycles. The van der Waals surface area contributed by atoms with Gasteiger partial charge in [0.05, 0.1) is 0 Å². The number of carbonyl (C=O) groups is 1. The van der Waals surface area contributed by atoms with Gasteiger partial charge in [0.25, 0.3) is 0 Å². The fourth-order valence-corrected chi connectivity index (χ4v) is 1.50. The zero-order valence-corrected chi connectivity index (χ0v) is 7.51. The Morgan fingerprint density at radius 2 is 1.93 bits per heavy atom. The summed E-state index contributed by atoms with van der Waals surface area (Å²) < 4.78 is 1.66. The molecule has 0 spiro atoms. The van der Waals surface area contributed by atoms with Crippen LogP contribution in [-0.4, -0.2) is 5.97 Å². The van der Waals surface area contributed by atoms with Crippen LogP contribution >= 0.6 is 0 Å². The first-order valence-corrected chi connectivity index (χ1v) is 4.34. The fourth-order valence-electron chi connectivity index (χ4n) is 1.50. The van der Waals surface area contributed by atoms with Crippen LogP contribution in [0.4, 0.5) is 0 Å². The van der Waals surface area contributed by atoms with Crippen LogP contribution in [0.2, 0.25) is 0 Å². The van der Waals surface area contributed by atoms with Crippen LogP contribution in [0.5, 0.6) is 0 Å². The van der Waals surface area contributed by atoms with Crippen molar-refractivity contribution >= 4 is 16.9 Å². The molecule has 0 aliphatic carbocycles. The first-order chi connectivity index (χ1) is 6.77. The molecule has 70 valence electrons. The second-order valence-electron chi connectivity index (χ2n) is 3.07. The molecule has 0 saturated carbocycles. The van der Waals surface area contributed by atoms with Crippen molar-refractivity contribution < 1.29 is 14.5 Å². The monoisotopic (exact) mass is 187 g/mol. The third kappa shape index (κ3) is 1.57. The Morgan fingerprint density at radius 1 is 1.21 bits per heavy atom. The quantitative estimate of drug-likeness (QED) is 0.615. The molecule has 14 heavy (non-hydrogen) atoms. The van der Waals surface area contributed by atoms with Crippen molar-refractivity contribution in [1.29, 1.82) is 0 Å². The van der Waals surface area contributed by atoms with Gasteiger partial charge in [0, 0.05) is 17.5 Å². The lowest BCUT2D eigenvalue weighted by molar-refractivity contribution is -0.665. The number of hydrogen-bond acceptors (Lipinski definition) is 2. The van der Waals surface area contributed by atoms with Crippen molar-refractivity contribution in [1.82, 2.24) is 0 Å². The predicted molar refractivity (Wildman–Crippen MR) is 49.2 cm³/mol. The summed E-state index contributed by atoms with van der Waals surface area (Å²) in [6, 6.07) is 11.4. The highest BCUT2D eigenvalue weighted by Gasteiger charge is 2.06. The van der Waals surface area contributed by atoms with Crippen molar-refractivity contribution in [3.05, 3.63) is 42.6 Å². The summed E-state index contributed by atoms with van der Waals surface area (Å²) in [7, 11) is 0. The van der Waals surface area contributed by atoms with E-state index in [9.17, 15) is 9.90 Å². The Bertz CT molecular complexity index is 474. The summed E-state index contributed by atoms with van der Waals surface area (Å²) in [6.07, 6.45) is 1.73. The summed E-state index contributed by atoms with van der Waals surface area (Å²) in [5, 5.41) is 11.5. The Kier molecular flexibility index (Phi) is 2.14. The molecule has 2 rings (SSSR count). The van der Waals surface area contributed by atoms with E-state index in [1.54, 1.807) is 10.8 Å². The molecule has 1 aromatic carbocycles. The first kappa shape index (κ1) is 8.69. The van der Waals surface area contributed by atoms with Crippen LogP contribution in [-0.2, 0) is 11.3 Å². The topological polar surface area (TPSA) is 44.0 Å². The van der Waals surface area contributed by atoms with Gasteiger partial charge in [0.1, 0.15) is 5.97 Å². The smallest absolute Gasteiger partial charge is 0.212 e. The maximum absolute atomic E-state index is 10.5. The van der Waals surface area contributed by atoms with E-state index in [0.717, 1.165) is 10.9 Å². The summed E-state index contributed by atoms with van der Waals surface area (Å²) in [4.78, 5) is 10.5. The van der Waals surface area contributed by atoms with Gasteiger partial charge in [-0.3, -0.25) is 0 Å². The molecule has 1 heterocycles. The standard InChI is InChI=1S/C11H9NO2/c13-11(14)8-12-7-3-5-9-4-1-2-6-10(9)12/h1-7H,8H2. The van der Waals surface area contributed by atoms with Crippen LogP contribution in [0.3, 0.4) is 0 Å². The minimum absolute atomic E-state index is 0.110. The number of carbonyl (C=O) groups excluding carboxylic acids is 1. The van der Waals surface area contributed by atoms with E-state index in [1.165, 1.54) is 0 Å². The molecule has 0 fully saturated rings. The van der Waals surface area contributed by atoms with Crippen LogP contribution < -0.4 is 9.67 Å². The van der Waals surface area contributed by atoms with Crippen LogP contribution in [0.1, 0.15) is 0 Å². The molecule has 0 atom stereocenters. The van der Waals surface area contributed by atoms with Gasteiger partial charge in [-0.2, -0.15) is 4.57 Å². The molecule has 0 bridgehead atoms. The third-order valence-corrected chi connectivity index (χ3v) is 2.09. The van der Waals surface area contributed by atoms with E-state index in [-0.39, 0.29) is 6.54 Å². The van der Waals surface area contributed by atoms with Gasteiger partial charge >= 0.3 is 0 Å². The van der Waals surface area contributed by atoms with E-state index in [1.807, 2.05) is 36.4 Å². The lowest BCUT2D eigenvalue weighted by Crippen LogP contribution is -2.43. The van der Waals surface area contributed by atoms with Gasteiger partial charge in [0.2, 0.25) is 5.52 Å². The molecule has 0 aliphatic rings. The van der Waals surface area contributed by atoms with Gasteiger partial charge in [0.15, 0.2) is 12.7 Å². The number of aliphatic carboxylic acids is 1. The Hall–Kier alpha value is -1.90. The molecule has 3 nitrogen and oxygen atoms in total. The highest BCUT2D eigenvalue weighted by atomic mass is 16.4. The second-order valence-corrected chi connectivity index (χ2v) is 3.07. The molecule has 0 radical (unpaired) electrons. The van der Waals surface area contributed by atoms with E-state index >= 15 is 0 Å². The number of aromatic nitrogens is 1. The molecular formula is C11H9NO2. The number of pyridine rings is 1. The number of hydrogen-bond donors (Lipinski definition) is 0. The Labute approximate surface area is 81.2 Å². The minimum atomic E-state index is -1.08. The summed E-state index contributed by atoms with van der Waals surface area (Å²) in [6.45, 7) is -0.110. The SMILES string of the molecule is O=C([O-])C[n+]1cccc2ccccc21. The van der Waals surface area contributed by atoms with E-state index < -0.39 is 5.97 Å². The molecule has 0 aliphatic heterocycles. The lowest BCUT2D eigenvalue weighted by atomic mass is 10.2. The Morgan fingerprint density at radius 3 is 2.71 bits per heavy atom. The average Bonchev–Trinajstić information content (AvgIpc) is 2.18. The summed E-state index contributed by atoms with van der Waals surface area (Å²) in [5.41, 5.74) is 0.902. The zero-order valence-electron chi connectivity index (χ0n) is 7.51. The van der Waals surface area contributed by atoms with Crippen LogP contribution in [0.25, 0.3) is 10.9 Å². The van der Waals surface area contributed by atoms with Crippen LogP contribution in [0.15, 0.2) is 42.6 Å². The largest absolute Gasteiger partial charge is 0.544 e. The van der Waals surface area contributed by atoms with Gasteiger partial charge in [-0.1, -0.05) is 12.1 Å². The normalized spacial score (nSPS) is 10.3. The number of rotatable bonds is 2. The van der Waals surface area contributed by atoms with Gasteiger partial charge in [-0.25, -0.2) is 0 Å². The molecule has 0 amide bonds. The number of nitrogens with zero attached hydrogens (tertiary/aromatic N) is 1. The predicted octanol–water partition coefficient (Wildman–Crippen LogP) is -0.123. The fraction of sp³-hybridized carbons (Fsp3) is 0.0909. The van der Waals surface area contributed by atoms with Crippen molar-refractivity contribution in [3.8, 4) is 0 Å². The number of benzene rings is 1. The maximum Gasteiger partial charge on any atom is 0.212 e. The van der Waals surface area contributed by atoms with E-state index in [0.29, 0.717) is 0 Å². The molecule has 0 N–H and O–H groups in total. The van der Waals surface area contributed by atoms with Gasteiger partial charge in [-0.15, -0.1) is 0 Å². The molecule has 3 heteroatoms. The van der Waals surface area contributed by atoms with Crippen molar-refractivity contribution in [2.24, 2.45) is 0 Å². The van der Waals surface area contributed by atoms with Gasteiger partial charge < -0.3 is 9.90 Å². The average molecular weight is 187 g/mol. The van der Waals surface area contributed by atoms with Gasteiger partial charge in [-0.05, 0) is 12.1 Å². The van der Waals surface area contributed by atoms with E-state index in [4.69, 9.17) is 0 Å². The number of para-hydroxylation sites is 1. The van der Waals surface area contributed by atoms with Crippen molar-refractivity contribution in [2.75, 3.05) is 0 Å². The zero-order chi connectivity index (χ0) is 9.97. The third-order valence-electron chi connectivity index (χ3n) is 2.09.